The lowest BCUT2D eigenvalue weighted by Crippen LogP contribution is -2.23. The summed E-state index contributed by atoms with van der Waals surface area (Å²) in [6.45, 7) is 0.940. The zero-order chi connectivity index (χ0) is 11.9. The second-order valence-electron chi connectivity index (χ2n) is 6.48. The van der Waals surface area contributed by atoms with E-state index in [2.05, 4.69) is 0 Å². The van der Waals surface area contributed by atoms with Gasteiger partial charge in [0.25, 0.3) is 0 Å². The Balaban J connectivity index is 1.74. The van der Waals surface area contributed by atoms with Crippen LogP contribution in [-0.4, -0.2) is 6.54 Å². The highest BCUT2D eigenvalue weighted by molar-refractivity contribution is 4.76. The monoisotopic (exact) mass is 237 g/mol. The van der Waals surface area contributed by atoms with Gasteiger partial charge in [0.2, 0.25) is 0 Å². The van der Waals surface area contributed by atoms with E-state index in [1.165, 1.54) is 77.0 Å². The first-order valence-corrected chi connectivity index (χ1v) is 8.10. The maximum atomic E-state index is 5.97. The Morgan fingerprint density at radius 3 is 1.88 bits per heavy atom. The van der Waals surface area contributed by atoms with Gasteiger partial charge in [-0.05, 0) is 37.1 Å². The van der Waals surface area contributed by atoms with Crippen LogP contribution in [0.5, 0.6) is 0 Å². The standard InChI is InChI=1S/C16H31N/c17-13-16-10-6-2-5-9-15(16)12-11-14-7-3-1-4-8-14/h14-16H,1-13,17H2. The molecular formula is C16H31N. The Morgan fingerprint density at radius 1 is 0.647 bits per heavy atom. The maximum Gasteiger partial charge on any atom is -0.00462 e. The molecule has 17 heavy (non-hydrogen) atoms. The lowest BCUT2D eigenvalue weighted by atomic mass is 9.79. The van der Waals surface area contributed by atoms with Gasteiger partial charge in [-0.25, -0.2) is 0 Å². The average Bonchev–Trinajstić information content (AvgIpc) is 2.62. The quantitative estimate of drug-likeness (QED) is 0.716. The molecule has 2 unspecified atom stereocenters. The largest absolute Gasteiger partial charge is 0.330 e. The molecule has 1 heteroatoms. The molecule has 2 N–H and O–H groups in total. The van der Waals surface area contributed by atoms with Crippen molar-refractivity contribution in [2.75, 3.05) is 6.54 Å². The molecule has 0 aromatic carbocycles. The Morgan fingerprint density at radius 2 is 1.24 bits per heavy atom. The molecule has 0 radical (unpaired) electrons. The molecule has 100 valence electrons. The Labute approximate surface area is 108 Å². The Kier molecular flexibility index (Phi) is 5.84. The molecule has 0 aliphatic heterocycles. The fourth-order valence-corrected chi connectivity index (χ4v) is 4.08. The SMILES string of the molecule is NCC1CCCCCC1CCC1CCCCC1. The summed E-state index contributed by atoms with van der Waals surface area (Å²) in [5.74, 6) is 2.87. The Hall–Kier alpha value is -0.0400. The number of hydrogen-bond acceptors (Lipinski definition) is 1. The van der Waals surface area contributed by atoms with Gasteiger partial charge in [0.05, 0.1) is 0 Å². The van der Waals surface area contributed by atoms with Crippen LogP contribution in [0.2, 0.25) is 0 Å². The second kappa shape index (κ2) is 7.41. The number of hydrogen-bond donors (Lipinski definition) is 1. The van der Waals surface area contributed by atoms with Gasteiger partial charge in [-0.15, -0.1) is 0 Å². The first kappa shape index (κ1) is 13.4. The van der Waals surface area contributed by atoms with Crippen molar-refractivity contribution in [3.63, 3.8) is 0 Å². The van der Waals surface area contributed by atoms with Crippen LogP contribution in [0, 0.1) is 17.8 Å². The summed E-state index contributed by atoms with van der Waals surface area (Å²) in [7, 11) is 0. The molecule has 2 rings (SSSR count). The lowest BCUT2D eigenvalue weighted by Gasteiger charge is -2.27. The summed E-state index contributed by atoms with van der Waals surface area (Å²) < 4.78 is 0. The van der Waals surface area contributed by atoms with E-state index in [9.17, 15) is 0 Å². The van der Waals surface area contributed by atoms with E-state index in [-0.39, 0.29) is 0 Å². The van der Waals surface area contributed by atoms with Crippen molar-refractivity contribution in [2.24, 2.45) is 23.5 Å². The van der Waals surface area contributed by atoms with Gasteiger partial charge in [-0.1, -0.05) is 64.2 Å². The van der Waals surface area contributed by atoms with E-state index in [1.54, 1.807) is 0 Å². The third-order valence-corrected chi connectivity index (χ3v) is 5.29. The van der Waals surface area contributed by atoms with Crippen LogP contribution in [0.3, 0.4) is 0 Å². The van der Waals surface area contributed by atoms with E-state index in [0.717, 1.165) is 24.3 Å². The second-order valence-corrected chi connectivity index (χ2v) is 6.48. The summed E-state index contributed by atoms with van der Waals surface area (Å²) in [5.41, 5.74) is 5.97. The summed E-state index contributed by atoms with van der Waals surface area (Å²) >= 11 is 0. The zero-order valence-corrected chi connectivity index (χ0v) is 11.5. The van der Waals surface area contributed by atoms with Crippen LogP contribution in [0.4, 0.5) is 0 Å². The maximum absolute atomic E-state index is 5.97. The molecule has 0 aromatic rings. The summed E-state index contributed by atoms with van der Waals surface area (Å²) in [5, 5.41) is 0. The zero-order valence-electron chi connectivity index (χ0n) is 11.5. The minimum Gasteiger partial charge on any atom is -0.330 e. The van der Waals surface area contributed by atoms with E-state index < -0.39 is 0 Å². The highest BCUT2D eigenvalue weighted by Crippen LogP contribution is 2.35. The molecule has 1 nitrogen and oxygen atoms in total. The van der Waals surface area contributed by atoms with E-state index >= 15 is 0 Å². The van der Waals surface area contributed by atoms with E-state index in [4.69, 9.17) is 5.73 Å². The van der Waals surface area contributed by atoms with Gasteiger partial charge in [0.1, 0.15) is 0 Å². The van der Waals surface area contributed by atoms with Crippen molar-refractivity contribution in [3.8, 4) is 0 Å². The molecular weight excluding hydrogens is 206 g/mol. The molecule has 0 saturated heterocycles. The van der Waals surface area contributed by atoms with Crippen LogP contribution in [0.25, 0.3) is 0 Å². The molecule has 0 aromatic heterocycles. The lowest BCUT2D eigenvalue weighted by molar-refractivity contribution is 0.252. The van der Waals surface area contributed by atoms with Crippen molar-refractivity contribution < 1.29 is 0 Å². The van der Waals surface area contributed by atoms with Crippen LogP contribution in [0.15, 0.2) is 0 Å². The van der Waals surface area contributed by atoms with Gasteiger partial charge in [0, 0.05) is 0 Å². The Bertz CT molecular complexity index is 196. The van der Waals surface area contributed by atoms with Crippen molar-refractivity contribution >= 4 is 0 Å². The predicted octanol–water partition coefficient (Wildman–Crippen LogP) is 4.50. The first-order valence-electron chi connectivity index (χ1n) is 8.10. The minimum absolute atomic E-state index is 0.848. The van der Waals surface area contributed by atoms with Crippen LogP contribution >= 0.6 is 0 Å². The van der Waals surface area contributed by atoms with Crippen molar-refractivity contribution in [1.29, 1.82) is 0 Å². The third kappa shape index (κ3) is 4.28. The topological polar surface area (TPSA) is 26.0 Å². The molecule has 0 spiro atoms. The molecule has 2 aliphatic carbocycles. The van der Waals surface area contributed by atoms with Gasteiger partial charge < -0.3 is 5.73 Å². The van der Waals surface area contributed by atoms with Gasteiger partial charge in [-0.3, -0.25) is 0 Å². The fourth-order valence-electron chi connectivity index (χ4n) is 4.08. The highest BCUT2D eigenvalue weighted by atomic mass is 14.6. The van der Waals surface area contributed by atoms with Crippen molar-refractivity contribution in [1.82, 2.24) is 0 Å². The van der Waals surface area contributed by atoms with Crippen LogP contribution < -0.4 is 5.73 Å². The smallest absolute Gasteiger partial charge is 0.00462 e. The molecule has 2 aliphatic rings. The predicted molar refractivity (Wildman–Crippen MR) is 74.9 cm³/mol. The molecule has 2 fully saturated rings. The van der Waals surface area contributed by atoms with Gasteiger partial charge >= 0.3 is 0 Å². The van der Waals surface area contributed by atoms with Gasteiger partial charge in [-0.2, -0.15) is 0 Å². The van der Waals surface area contributed by atoms with Crippen molar-refractivity contribution in [2.45, 2.75) is 77.0 Å². The normalized spacial score (nSPS) is 32.3. The van der Waals surface area contributed by atoms with Crippen LogP contribution in [0.1, 0.15) is 77.0 Å². The minimum atomic E-state index is 0.848. The molecule has 2 saturated carbocycles. The molecule has 2 atom stereocenters. The molecule has 0 heterocycles. The van der Waals surface area contributed by atoms with E-state index in [1.807, 2.05) is 0 Å². The summed E-state index contributed by atoms with van der Waals surface area (Å²) in [4.78, 5) is 0. The number of rotatable bonds is 4. The molecule has 0 bridgehead atoms. The average molecular weight is 237 g/mol. The van der Waals surface area contributed by atoms with Crippen molar-refractivity contribution in [3.05, 3.63) is 0 Å². The fraction of sp³-hybridized carbons (Fsp3) is 1.00. The van der Waals surface area contributed by atoms with Gasteiger partial charge in [0.15, 0.2) is 0 Å². The number of nitrogens with two attached hydrogens (primary N) is 1. The summed E-state index contributed by atoms with van der Waals surface area (Å²) in [6.07, 6.45) is 17.7. The first-order chi connectivity index (χ1) is 8.40. The molecule has 0 amide bonds. The third-order valence-electron chi connectivity index (χ3n) is 5.29. The highest BCUT2D eigenvalue weighted by Gasteiger charge is 2.23. The summed E-state index contributed by atoms with van der Waals surface area (Å²) in [6, 6.07) is 0. The van der Waals surface area contributed by atoms with Crippen LogP contribution in [-0.2, 0) is 0 Å². The van der Waals surface area contributed by atoms with E-state index in [0.29, 0.717) is 0 Å².